The van der Waals surface area contributed by atoms with Crippen LogP contribution in [0.2, 0.25) is 0 Å². The molecule has 1 aromatic carbocycles. The van der Waals surface area contributed by atoms with Crippen molar-refractivity contribution in [1.29, 1.82) is 0 Å². The number of carbonyl (C=O) groups is 1. The Labute approximate surface area is 146 Å². The molecular weight excluding hydrogens is 320 g/mol. The number of benzene rings is 1. The second-order valence-corrected chi connectivity index (χ2v) is 6.13. The highest BCUT2D eigenvalue weighted by Gasteiger charge is 2.32. The molecular formula is C19H22N2O4. The van der Waals surface area contributed by atoms with Crippen molar-refractivity contribution < 1.29 is 14.3 Å². The smallest absolute Gasteiger partial charge is 0.254 e. The molecule has 0 aliphatic carbocycles. The third kappa shape index (κ3) is 3.24. The number of nitrogens with zero attached hydrogens (tertiary/aromatic N) is 2. The van der Waals surface area contributed by atoms with Crippen molar-refractivity contribution in [1.82, 2.24) is 9.47 Å². The van der Waals surface area contributed by atoms with E-state index in [1.807, 2.05) is 23.1 Å². The maximum atomic E-state index is 13.0. The summed E-state index contributed by atoms with van der Waals surface area (Å²) in [6.45, 7) is 0.652. The second kappa shape index (κ2) is 7.01. The Morgan fingerprint density at radius 1 is 1.16 bits per heavy atom. The topological polar surface area (TPSA) is 60.8 Å². The molecule has 2 aromatic rings. The summed E-state index contributed by atoms with van der Waals surface area (Å²) < 4.78 is 12.2. The summed E-state index contributed by atoms with van der Waals surface area (Å²) in [7, 11) is 4.90. The van der Waals surface area contributed by atoms with E-state index < -0.39 is 0 Å². The highest BCUT2D eigenvalue weighted by molar-refractivity contribution is 5.94. The summed E-state index contributed by atoms with van der Waals surface area (Å²) >= 11 is 0. The van der Waals surface area contributed by atoms with Gasteiger partial charge in [-0.05, 0) is 37.1 Å². The number of hydrogen-bond acceptors (Lipinski definition) is 4. The summed E-state index contributed by atoms with van der Waals surface area (Å²) in [5.41, 5.74) is 1.15. The van der Waals surface area contributed by atoms with Gasteiger partial charge in [0.05, 0.1) is 20.3 Å². The molecule has 1 atom stereocenters. The van der Waals surface area contributed by atoms with E-state index in [4.69, 9.17) is 9.47 Å². The average Bonchev–Trinajstić information content (AvgIpc) is 3.12. The van der Waals surface area contributed by atoms with Crippen LogP contribution in [0.25, 0.3) is 0 Å². The summed E-state index contributed by atoms with van der Waals surface area (Å²) in [5.74, 6) is 1.32. The van der Waals surface area contributed by atoms with E-state index in [0.717, 1.165) is 29.9 Å². The van der Waals surface area contributed by atoms with E-state index in [-0.39, 0.29) is 17.5 Å². The zero-order valence-electron chi connectivity index (χ0n) is 14.7. The van der Waals surface area contributed by atoms with Crippen molar-refractivity contribution in [2.75, 3.05) is 20.8 Å². The molecule has 1 fully saturated rings. The molecule has 0 N–H and O–H groups in total. The van der Waals surface area contributed by atoms with Crippen molar-refractivity contribution in [2.24, 2.45) is 7.05 Å². The van der Waals surface area contributed by atoms with Crippen LogP contribution in [0, 0.1) is 0 Å². The summed E-state index contributed by atoms with van der Waals surface area (Å²) in [6.07, 6.45) is 3.37. The van der Waals surface area contributed by atoms with Crippen molar-refractivity contribution in [2.45, 2.75) is 18.9 Å². The fraction of sp³-hybridized carbons (Fsp3) is 0.368. The lowest BCUT2D eigenvalue weighted by Crippen LogP contribution is -2.32. The molecule has 0 bridgehead atoms. The molecule has 25 heavy (non-hydrogen) atoms. The van der Waals surface area contributed by atoms with Crippen LogP contribution in [0.1, 0.15) is 34.8 Å². The highest BCUT2D eigenvalue weighted by atomic mass is 16.5. The Balaban J connectivity index is 1.96. The maximum absolute atomic E-state index is 13.0. The van der Waals surface area contributed by atoms with Gasteiger partial charge in [-0.1, -0.05) is 0 Å². The Morgan fingerprint density at radius 2 is 1.96 bits per heavy atom. The van der Waals surface area contributed by atoms with Gasteiger partial charge < -0.3 is 18.9 Å². The molecule has 3 rings (SSSR count). The van der Waals surface area contributed by atoms with Gasteiger partial charge >= 0.3 is 0 Å². The van der Waals surface area contributed by atoms with Gasteiger partial charge in [0.25, 0.3) is 11.5 Å². The number of ether oxygens (including phenoxy) is 2. The van der Waals surface area contributed by atoms with Crippen molar-refractivity contribution in [3.63, 3.8) is 0 Å². The minimum atomic E-state index is -0.194. The van der Waals surface area contributed by atoms with Crippen LogP contribution < -0.4 is 15.0 Å². The monoisotopic (exact) mass is 342 g/mol. The standard InChI is InChI=1S/C19H22N2O4/c1-20-10-8-13(11-18(20)22)19(23)21-9-4-5-16(21)15-12-14(24-2)6-7-17(15)25-3/h6-8,10-12,16H,4-5,9H2,1-3H3/t16-/m0/s1. The first-order valence-electron chi connectivity index (χ1n) is 8.24. The van der Waals surface area contributed by atoms with Crippen LogP contribution in [-0.4, -0.2) is 36.1 Å². The molecule has 0 radical (unpaired) electrons. The van der Waals surface area contributed by atoms with Crippen LogP contribution in [0.3, 0.4) is 0 Å². The zero-order valence-corrected chi connectivity index (χ0v) is 14.7. The fourth-order valence-electron chi connectivity index (χ4n) is 3.28. The van der Waals surface area contributed by atoms with Gasteiger partial charge in [-0.3, -0.25) is 9.59 Å². The molecule has 1 aliphatic heterocycles. The normalized spacial score (nSPS) is 16.8. The number of rotatable bonds is 4. The number of aryl methyl sites for hydroxylation is 1. The van der Waals surface area contributed by atoms with E-state index in [1.165, 1.54) is 10.6 Å². The molecule has 0 spiro atoms. The molecule has 1 aliphatic rings. The summed E-state index contributed by atoms with van der Waals surface area (Å²) in [4.78, 5) is 26.6. The Kier molecular flexibility index (Phi) is 4.79. The minimum absolute atomic E-state index is 0.0957. The Morgan fingerprint density at radius 3 is 2.64 bits per heavy atom. The summed E-state index contributed by atoms with van der Waals surface area (Å²) in [5, 5.41) is 0. The van der Waals surface area contributed by atoms with Gasteiger partial charge in [0.1, 0.15) is 11.5 Å². The van der Waals surface area contributed by atoms with Crippen molar-refractivity contribution in [3.05, 3.63) is 58.0 Å². The van der Waals surface area contributed by atoms with Crippen LogP contribution in [0.5, 0.6) is 11.5 Å². The second-order valence-electron chi connectivity index (χ2n) is 6.13. The minimum Gasteiger partial charge on any atom is -0.497 e. The lowest BCUT2D eigenvalue weighted by Gasteiger charge is -2.26. The molecule has 1 saturated heterocycles. The molecule has 1 amide bonds. The number of hydrogen-bond donors (Lipinski definition) is 0. The lowest BCUT2D eigenvalue weighted by atomic mass is 10.0. The number of aromatic nitrogens is 1. The number of likely N-dealkylation sites (tertiary alicyclic amines) is 1. The largest absolute Gasteiger partial charge is 0.497 e. The highest BCUT2D eigenvalue weighted by Crippen LogP contribution is 2.39. The van der Waals surface area contributed by atoms with Crippen LogP contribution in [-0.2, 0) is 7.05 Å². The SMILES string of the molecule is COc1ccc(OC)c([C@@H]2CCCN2C(=O)c2ccn(C)c(=O)c2)c1. The predicted molar refractivity (Wildman–Crippen MR) is 94.2 cm³/mol. The van der Waals surface area contributed by atoms with Crippen LogP contribution in [0.4, 0.5) is 0 Å². The molecule has 132 valence electrons. The third-order valence-electron chi connectivity index (χ3n) is 4.66. The molecule has 6 heteroatoms. The van der Waals surface area contributed by atoms with E-state index in [0.29, 0.717) is 12.1 Å². The van der Waals surface area contributed by atoms with Gasteiger partial charge in [0.2, 0.25) is 0 Å². The first-order valence-corrected chi connectivity index (χ1v) is 8.24. The number of methoxy groups -OCH3 is 2. The van der Waals surface area contributed by atoms with Crippen molar-refractivity contribution >= 4 is 5.91 Å². The maximum Gasteiger partial charge on any atom is 0.254 e. The van der Waals surface area contributed by atoms with E-state index in [9.17, 15) is 9.59 Å². The average molecular weight is 342 g/mol. The Bertz CT molecular complexity index is 844. The molecule has 0 saturated carbocycles. The molecule has 1 aromatic heterocycles. The number of carbonyl (C=O) groups excluding carboxylic acids is 1. The number of amides is 1. The summed E-state index contributed by atoms with van der Waals surface area (Å²) in [6, 6.07) is 8.58. The van der Waals surface area contributed by atoms with Gasteiger partial charge in [-0.15, -0.1) is 0 Å². The van der Waals surface area contributed by atoms with E-state index in [1.54, 1.807) is 33.5 Å². The molecule has 2 heterocycles. The van der Waals surface area contributed by atoms with E-state index >= 15 is 0 Å². The van der Waals surface area contributed by atoms with Gasteiger partial charge in [0, 0.05) is 37.0 Å². The fourth-order valence-corrected chi connectivity index (χ4v) is 3.28. The molecule has 0 unspecified atom stereocenters. The predicted octanol–water partition coefficient (Wildman–Crippen LogP) is 2.38. The quantitative estimate of drug-likeness (QED) is 0.856. The zero-order chi connectivity index (χ0) is 18.0. The van der Waals surface area contributed by atoms with Crippen LogP contribution in [0.15, 0.2) is 41.3 Å². The third-order valence-corrected chi connectivity index (χ3v) is 4.66. The molecule has 6 nitrogen and oxygen atoms in total. The number of pyridine rings is 1. The van der Waals surface area contributed by atoms with Crippen molar-refractivity contribution in [3.8, 4) is 11.5 Å². The van der Waals surface area contributed by atoms with Gasteiger partial charge in [-0.2, -0.15) is 0 Å². The van der Waals surface area contributed by atoms with Crippen LogP contribution >= 0.6 is 0 Å². The van der Waals surface area contributed by atoms with Gasteiger partial charge in [0.15, 0.2) is 0 Å². The first-order chi connectivity index (χ1) is 12.0. The first kappa shape index (κ1) is 17.1. The van der Waals surface area contributed by atoms with E-state index in [2.05, 4.69) is 0 Å². The Hall–Kier alpha value is -2.76. The van der Waals surface area contributed by atoms with Gasteiger partial charge in [-0.25, -0.2) is 0 Å². The lowest BCUT2D eigenvalue weighted by molar-refractivity contribution is 0.0733.